The van der Waals surface area contributed by atoms with Crippen molar-refractivity contribution in [3.05, 3.63) is 29.9 Å². The molecule has 3 N–H and O–H groups in total. The summed E-state index contributed by atoms with van der Waals surface area (Å²) in [6, 6.07) is 1.52. The Morgan fingerprint density at radius 2 is 2.54 bits per heavy atom. The highest BCUT2D eigenvalue weighted by Gasteiger charge is 2.20. The minimum atomic E-state index is -0.283. The number of amides is 2. The second-order valence-corrected chi connectivity index (χ2v) is 2.78. The van der Waals surface area contributed by atoms with Gasteiger partial charge in [-0.3, -0.25) is 5.01 Å². The number of hydrogen-bond donors (Lipinski definition) is 2. The molecule has 68 valence electrons. The van der Waals surface area contributed by atoms with Crippen molar-refractivity contribution in [2.45, 2.75) is 0 Å². The third-order valence-electron chi connectivity index (χ3n) is 1.75. The molecule has 2 amide bonds. The molecule has 1 aromatic rings. The van der Waals surface area contributed by atoms with E-state index in [2.05, 4.69) is 5.32 Å². The van der Waals surface area contributed by atoms with Crippen LogP contribution in [0.4, 0.5) is 4.79 Å². The maximum atomic E-state index is 10.9. The summed E-state index contributed by atoms with van der Waals surface area (Å²) in [5.41, 5.74) is 1.68. The Balaban J connectivity index is 2.15. The fourth-order valence-corrected chi connectivity index (χ4v) is 1.14. The largest absolute Gasteiger partial charge is 0.472 e. The Labute approximate surface area is 74.8 Å². The van der Waals surface area contributed by atoms with Crippen LogP contribution in [0.1, 0.15) is 5.56 Å². The van der Waals surface area contributed by atoms with Crippen molar-refractivity contribution in [2.24, 2.45) is 5.84 Å². The van der Waals surface area contributed by atoms with Gasteiger partial charge >= 0.3 is 6.03 Å². The molecule has 1 fully saturated rings. The zero-order valence-corrected chi connectivity index (χ0v) is 6.86. The molecule has 5 nitrogen and oxygen atoms in total. The molecular weight excluding hydrogens is 170 g/mol. The van der Waals surface area contributed by atoms with Gasteiger partial charge in [0.2, 0.25) is 0 Å². The van der Waals surface area contributed by atoms with Gasteiger partial charge in [-0.1, -0.05) is 0 Å². The van der Waals surface area contributed by atoms with E-state index in [4.69, 9.17) is 10.3 Å². The second-order valence-electron chi connectivity index (χ2n) is 2.78. The van der Waals surface area contributed by atoms with E-state index in [1.807, 2.05) is 6.08 Å². The van der Waals surface area contributed by atoms with Crippen LogP contribution in [0.2, 0.25) is 0 Å². The first-order valence-electron chi connectivity index (χ1n) is 3.82. The molecule has 0 radical (unpaired) electrons. The van der Waals surface area contributed by atoms with E-state index in [-0.39, 0.29) is 6.03 Å². The minimum absolute atomic E-state index is 0.283. The molecule has 1 saturated heterocycles. The second kappa shape index (κ2) is 2.95. The molecule has 2 heterocycles. The molecule has 1 aliphatic rings. The van der Waals surface area contributed by atoms with Gasteiger partial charge < -0.3 is 9.73 Å². The number of rotatable bonds is 1. The van der Waals surface area contributed by atoms with Crippen molar-refractivity contribution in [3.8, 4) is 0 Å². The molecule has 0 aliphatic carbocycles. The first kappa shape index (κ1) is 7.88. The summed E-state index contributed by atoms with van der Waals surface area (Å²) < 4.78 is 4.88. The third-order valence-corrected chi connectivity index (χ3v) is 1.75. The van der Waals surface area contributed by atoms with E-state index in [0.29, 0.717) is 6.54 Å². The van der Waals surface area contributed by atoms with Crippen LogP contribution < -0.4 is 11.2 Å². The number of furan rings is 1. The lowest BCUT2D eigenvalue weighted by atomic mass is 10.3. The first-order chi connectivity index (χ1) is 6.25. The molecular formula is C8H9N3O2. The molecule has 0 bridgehead atoms. The predicted octanol–water partition coefficient (Wildman–Crippen LogP) is 0.519. The molecule has 0 saturated carbocycles. The number of hydrazine groups is 1. The molecule has 0 aromatic carbocycles. The normalized spacial score (nSPS) is 19.6. The number of nitrogens with two attached hydrogens (primary N) is 1. The molecule has 1 aromatic heterocycles. The molecule has 13 heavy (non-hydrogen) atoms. The average Bonchev–Trinajstić information content (AvgIpc) is 2.64. The summed E-state index contributed by atoms with van der Waals surface area (Å²) in [6.07, 6.45) is 4.98. The lowest BCUT2D eigenvalue weighted by Gasteiger charge is -2.00. The summed E-state index contributed by atoms with van der Waals surface area (Å²) in [7, 11) is 0. The Morgan fingerprint density at radius 3 is 3.08 bits per heavy atom. The molecule has 1 aliphatic heterocycles. The van der Waals surface area contributed by atoms with E-state index in [1.165, 1.54) is 0 Å². The van der Waals surface area contributed by atoms with E-state index in [1.54, 1.807) is 18.6 Å². The van der Waals surface area contributed by atoms with Gasteiger partial charge in [0.05, 0.1) is 19.1 Å². The van der Waals surface area contributed by atoms with E-state index in [0.717, 1.165) is 16.3 Å². The van der Waals surface area contributed by atoms with Gasteiger partial charge in [-0.15, -0.1) is 0 Å². The standard InChI is InChI=1S/C8H9N3O2/c9-11-4-7(10-8(11)12)3-6-1-2-13-5-6/h1-3,5H,4,9H2,(H,10,12). The van der Waals surface area contributed by atoms with Crippen molar-refractivity contribution < 1.29 is 9.21 Å². The van der Waals surface area contributed by atoms with E-state index >= 15 is 0 Å². The van der Waals surface area contributed by atoms with Gasteiger partial charge in [0, 0.05) is 11.3 Å². The first-order valence-corrected chi connectivity index (χ1v) is 3.82. The summed E-state index contributed by atoms with van der Waals surface area (Å²) in [6.45, 7) is 0.407. The van der Waals surface area contributed by atoms with Crippen molar-refractivity contribution in [3.63, 3.8) is 0 Å². The van der Waals surface area contributed by atoms with Crippen LogP contribution in [0.15, 0.2) is 28.7 Å². The van der Waals surface area contributed by atoms with Crippen molar-refractivity contribution >= 4 is 12.1 Å². The number of carbonyl (C=O) groups is 1. The SMILES string of the molecule is NN1CC(=Cc2ccoc2)NC1=O. The lowest BCUT2D eigenvalue weighted by molar-refractivity contribution is 0.218. The molecule has 5 heteroatoms. The van der Waals surface area contributed by atoms with Gasteiger partial charge in [-0.25, -0.2) is 10.6 Å². The Hall–Kier alpha value is -1.75. The fourth-order valence-electron chi connectivity index (χ4n) is 1.14. The van der Waals surface area contributed by atoms with Crippen LogP contribution in [-0.4, -0.2) is 17.6 Å². The van der Waals surface area contributed by atoms with Crippen LogP contribution in [0.25, 0.3) is 6.08 Å². The molecule has 0 spiro atoms. The highest BCUT2D eigenvalue weighted by Crippen LogP contribution is 2.09. The molecule has 0 atom stereocenters. The van der Waals surface area contributed by atoms with Crippen molar-refractivity contribution in [1.29, 1.82) is 0 Å². The van der Waals surface area contributed by atoms with Gasteiger partial charge in [0.25, 0.3) is 0 Å². The number of nitrogens with one attached hydrogen (secondary N) is 1. The smallest absolute Gasteiger partial charge is 0.336 e. The number of hydrogen-bond acceptors (Lipinski definition) is 3. The van der Waals surface area contributed by atoms with Crippen LogP contribution in [-0.2, 0) is 0 Å². The van der Waals surface area contributed by atoms with Gasteiger partial charge in [-0.05, 0) is 12.1 Å². The predicted molar refractivity (Wildman–Crippen MR) is 46.1 cm³/mol. The molecule has 2 rings (SSSR count). The molecule has 0 unspecified atom stereocenters. The number of urea groups is 1. The van der Waals surface area contributed by atoms with Gasteiger partial charge in [0.15, 0.2) is 0 Å². The minimum Gasteiger partial charge on any atom is -0.472 e. The third kappa shape index (κ3) is 1.54. The monoisotopic (exact) mass is 179 g/mol. The highest BCUT2D eigenvalue weighted by molar-refractivity contribution is 5.80. The van der Waals surface area contributed by atoms with Crippen LogP contribution in [0.3, 0.4) is 0 Å². The Bertz CT molecular complexity index is 342. The zero-order valence-electron chi connectivity index (χ0n) is 6.86. The maximum Gasteiger partial charge on any atom is 0.336 e. The summed E-state index contributed by atoms with van der Waals surface area (Å²) in [5, 5.41) is 3.74. The van der Waals surface area contributed by atoms with E-state index in [9.17, 15) is 4.79 Å². The summed E-state index contributed by atoms with van der Waals surface area (Å²) >= 11 is 0. The summed E-state index contributed by atoms with van der Waals surface area (Å²) in [5.74, 6) is 5.35. The van der Waals surface area contributed by atoms with Crippen LogP contribution in [0, 0.1) is 0 Å². The van der Waals surface area contributed by atoms with Gasteiger partial charge in [0.1, 0.15) is 0 Å². The van der Waals surface area contributed by atoms with Crippen molar-refractivity contribution in [2.75, 3.05) is 6.54 Å². The van der Waals surface area contributed by atoms with Crippen molar-refractivity contribution in [1.82, 2.24) is 10.3 Å². The topological polar surface area (TPSA) is 71.5 Å². The quantitative estimate of drug-likeness (QED) is 0.487. The summed E-state index contributed by atoms with van der Waals surface area (Å²) in [4.78, 5) is 10.9. The van der Waals surface area contributed by atoms with E-state index < -0.39 is 0 Å². The van der Waals surface area contributed by atoms with Gasteiger partial charge in [-0.2, -0.15) is 0 Å². The maximum absolute atomic E-state index is 10.9. The fraction of sp³-hybridized carbons (Fsp3) is 0.125. The van der Waals surface area contributed by atoms with Crippen LogP contribution in [0.5, 0.6) is 0 Å². The highest BCUT2D eigenvalue weighted by atomic mass is 16.3. The number of nitrogens with zero attached hydrogens (tertiary/aromatic N) is 1. The lowest BCUT2D eigenvalue weighted by Crippen LogP contribution is -2.34. The number of carbonyl (C=O) groups excluding carboxylic acids is 1. The van der Waals surface area contributed by atoms with Crippen LogP contribution >= 0.6 is 0 Å². The zero-order chi connectivity index (χ0) is 9.26. The average molecular weight is 179 g/mol. The Kier molecular flexibility index (Phi) is 1.79. The Morgan fingerprint density at radius 1 is 1.69 bits per heavy atom.